The molecule has 0 saturated carbocycles. The average molecular weight is 362 g/mol. The van der Waals surface area contributed by atoms with Gasteiger partial charge in [0.15, 0.2) is 0 Å². The molecule has 0 bridgehead atoms. The highest BCUT2D eigenvalue weighted by atomic mass is 32.2. The van der Waals surface area contributed by atoms with E-state index in [0.29, 0.717) is 30.7 Å². The predicted octanol–water partition coefficient (Wildman–Crippen LogP) is 1.46. The van der Waals surface area contributed by atoms with Crippen LogP contribution >= 0.6 is 11.8 Å². The second kappa shape index (κ2) is 6.87. The highest BCUT2D eigenvalue weighted by Crippen LogP contribution is 2.40. The van der Waals surface area contributed by atoms with Gasteiger partial charge in [-0.1, -0.05) is 17.8 Å². The number of amides is 3. The molecule has 1 atom stereocenters. The third-order valence-electron chi connectivity index (χ3n) is 4.28. The second-order valence-corrected chi connectivity index (χ2v) is 7.20. The zero-order chi connectivity index (χ0) is 18.1. The number of nitrogens with one attached hydrogen (secondary N) is 1. The molecule has 1 unspecified atom stereocenters. The Bertz CT molecular complexity index is 777. The molecule has 1 N–H and O–H groups in total. The zero-order valence-corrected chi connectivity index (χ0v) is 14.8. The molecule has 0 spiro atoms. The second-order valence-electron chi connectivity index (χ2n) is 6.02. The van der Waals surface area contributed by atoms with Gasteiger partial charge in [-0.2, -0.15) is 0 Å². The maximum atomic E-state index is 12.3. The van der Waals surface area contributed by atoms with E-state index in [2.05, 4.69) is 5.32 Å². The van der Waals surface area contributed by atoms with Gasteiger partial charge in [-0.15, -0.1) is 0 Å². The summed E-state index contributed by atoms with van der Waals surface area (Å²) in [6.45, 7) is 1.42. The Morgan fingerprint density at radius 3 is 2.68 bits per heavy atom. The Labute approximate surface area is 149 Å². The van der Waals surface area contributed by atoms with E-state index in [1.165, 1.54) is 18.9 Å². The summed E-state index contributed by atoms with van der Waals surface area (Å²) in [4.78, 5) is 48.6. The van der Waals surface area contributed by atoms with Gasteiger partial charge in [0.25, 0.3) is 5.24 Å². The molecule has 132 valence electrons. The van der Waals surface area contributed by atoms with E-state index < -0.39 is 5.25 Å². The number of hydrogen-bond acceptors (Lipinski definition) is 6. The number of methoxy groups -OCH3 is 1. The van der Waals surface area contributed by atoms with E-state index in [4.69, 9.17) is 4.74 Å². The highest BCUT2D eigenvalue weighted by Gasteiger charge is 2.35. The lowest BCUT2D eigenvalue weighted by molar-refractivity contribution is -0.122. The number of thioether (sulfide) groups is 1. The summed E-state index contributed by atoms with van der Waals surface area (Å²) in [5, 5.41) is 1.46. The van der Waals surface area contributed by atoms with Crippen molar-refractivity contribution in [3.8, 4) is 5.75 Å². The minimum absolute atomic E-state index is 0.0111. The van der Waals surface area contributed by atoms with Crippen LogP contribution in [0.3, 0.4) is 0 Å². The topological polar surface area (TPSA) is 92.8 Å². The molecule has 0 aromatic heterocycles. The SMILES string of the molecule is COc1ccc(CC2SC(=O)NC2=O)c2c1N(CC(C)=O)C(=O)CC2. The number of benzene rings is 1. The first kappa shape index (κ1) is 17.5. The van der Waals surface area contributed by atoms with E-state index >= 15 is 0 Å². The quantitative estimate of drug-likeness (QED) is 0.852. The van der Waals surface area contributed by atoms with Crippen LogP contribution in [0.4, 0.5) is 10.5 Å². The molecule has 7 nitrogen and oxygen atoms in total. The first-order valence-electron chi connectivity index (χ1n) is 7.90. The number of nitrogens with zero attached hydrogens (tertiary/aromatic N) is 1. The van der Waals surface area contributed by atoms with Crippen LogP contribution in [0.15, 0.2) is 12.1 Å². The fraction of sp³-hybridized carbons (Fsp3) is 0.412. The summed E-state index contributed by atoms with van der Waals surface area (Å²) in [6.07, 6.45) is 1.20. The lowest BCUT2D eigenvalue weighted by Crippen LogP contribution is -2.39. The molecule has 1 aromatic rings. The van der Waals surface area contributed by atoms with Crippen molar-refractivity contribution in [2.45, 2.75) is 31.4 Å². The molecule has 2 aliphatic rings. The van der Waals surface area contributed by atoms with Crippen LogP contribution in [0.1, 0.15) is 24.5 Å². The minimum atomic E-state index is -0.483. The number of ether oxygens (including phenoxy) is 1. The number of ketones is 1. The average Bonchev–Trinajstić information content (AvgIpc) is 2.87. The summed E-state index contributed by atoms with van der Waals surface area (Å²) in [5.41, 5.74) is 2.38. The standard InChI is InChI=1S/C17H18N2O5S/c1-9(20)8-19-14(21)6-4-11-10(3-5-12(24-2)15(11)19)7-13-16(22)18-17(23)25-13/h3,5,13H,4,6-8H2,1-2H3,(H,18,22,23). The van der Waals surface area contributed by atoms with Crippen LogP contribution in [0.5, 0.6) is 5.75 Å². The zero-order valence-electron chi connectivity index (χ0n) is 14.0. The number of imide groups is 1. The lowest BCUT2D eigenvalue weighted by atomic mass is 9.92. The number of Topliss-reactive ketones (excluding diaryl/α,β-unsaturated/α-hetero) is 1. The molecular formula is C17H18N2O5S. The third kappa shape index (κ3) is 3.39. The maximum absolute atomic E-state index is 12.3. The number of carbonyl (C=O) groups is 4. The highest BCUT2D eigenvalue weighted by molar-refractivity contribution is 8.15. The van der Waals surface area contributed by atoms with Gasteiger partial charge in [-0.3, -0.25) is 24.5 Å². The summed E-state index contributed by atoms with van der Waals surface area (Å²) < 4.78 is 5.39. The van der Waals surface area contributed by atoms with E-state index in [1.807, 2.05) is 6.07 Å². The maximum Gasteiger partial charge on any atom is 0.286 e. The van der Waals surface area contributed by atoms with Crippen LogP contribution in [0.25, 0.3) is 0 Å². The first-order chi connectivity index (χ1) is 11.9. The van der Waals surface area contributed by atoms with Gasteiger partial charge in [0, 0.05) is 6.42 Å². The largest absolute Gasteiger partial charge is 0.495 e. The molecule has 1 saturated heterocycles. The summed E-state index contributed by atoms with van der Waals surface area (Å²) in [7, 11) is 1.51. The normalized spacial score (nSPS) is 19.7. The van der Waals surface area contributed by atoms with Crippen molar-refractivity contribution in [2.24, 2.45) is 0 Å². The van der Waals surface area contributed by atoms with Gasteiger partial charge in [-0.25, -0.2) is 0 Å². The van der Waals surface area contributed by atoms with Gasteiger partial charge in [0.05, 0.1) is 24.6 Å². The lowest BCUT2D eigenvalue weighted by Gasteiger charge is -2.31. The Balaban J connectivity index is 2.01. The van der Waals surface area contributed by atoms with Crippen LogP contribution in [0, 0.1) is 0 Å². The Hall–Kier alpha value is -2.35. The number of fused-ring (bicyclic) bond motifs is 1. The van der Waals surface area contributed by atoms with Crippen molar-refractivity contribution in [3.63, 3.8) is 0 Å². The fourth-order valence-electron chi connectivity index (χ4n) is 3.20. The van der Waals surface area contributed by atoms with E-state index in [0.717, 1.165) is 22.9 Å². The number of hydrogen-bond donors (Lipinski definition) is 1. The number of rotatable bonds is 5. The molecule has 2 aliphatic heterocycles. The van der Waals surface area contributed by atoms with E-state index in [-0.39, 0.29) is 29.4 Å². The third-order valence-corrected chi connectivity index (χ3v) is 5.26. The van der Waals surface area contributed by atoms with Crippen molar-refractivity contribution in [1.29, 1.82) is 0 Å². The van der Waals surface area contributed by atoms with Crippen molar-refractivity contribution in [1.82, 2.24) is 5.32 Å². The Morgan fingerprint density at radius 1 is 1.32 bits per heavy atom. The molecule has 1 fully saturated rings. The Morgan fingerprint density at radius 2 is 2.08 bits per heavy atom. The van der Waals surface area contributed by atoms with Gasteiger partial charge in [-0.05, 0) is 37.0 Å². The van der Waals surface area contributed by atoms with Crippen LogP contribution in [-0.4, -0.2) is 41.7 Å². The monoisotopic (exact) mass is 362 g/mol. The first-order valence-corrected chi connectivity index (χ1v) is 8.78. The molecule has 8 heteroatoms. The predicted molar refractivity (Wildman–Crippen MR) is 93.0 cm³/mol. The molecule has 3 rings (SSSR count). The van der Waals surface area contributed by atoms with E-state index in [1.54, 1.807) is 6.07 Å². The van der Waals surface area contributed by atoms with Gasteiger partial charge in [0.2, 0.25) is 11.8 Å². The minimum Gasteiger partial charge on any atom is -0.495 e. The molecule has 2 heterocycles. The van der Waals surface area contributed by atoms with E-state index in [9.17, 15) is 19.2 Å². The molecule has 3 amide bonds. The summed E-state index contributed by atoms with van der Waals surface area (Å²) >= 11 is 0.976. The van der Waals surface area contributed by atoms with Crippen molar-refractivity contribution in [2.75, 3.05) is 18.6 Å². The summed E-state index contributed by atoms with van der Waals surface area (Å²) in [5.74, 6) is -0.0222. The molecule has 0 radical (unpaired) electrons. The van der Waals surface area contributed by atoms with Crippen LogP contribution in [0.2, 0.25) is 0 Å². The Kier molecular flexibility index (Phi) is 4.80. The van der Waals surface area contributed by atoms with Crippen molar-refractivity contribution >= 4 is 40.3 Å². The smallest absolute Gasteiger partial charge is 0.286 e. The number of anilines is 1. The molecule has 1 aromatic carbocycles. The molecular weight excluding hydrogens is 344 g/mol. The van der Waals surface area contributed by atoms with Crippen LogP contribution < -0.4 is 15.0 Å². The van der Waals surface area contributed by atoms with Crippen molar-refractivity contribution in [3.05, 3.63) is 23.3 Å². The van der Waals surface area contributed by atoms with Crippen molar-refractivity contribution < 1.29 is 23.9 Å². The number of carbonyl (C=O) groups excluding carboxylic acids is 4. The van der Waals surface area contributed by atoms with Crippen LogP contribution in [-0.2, 0) is 27.2 Å². The van der Waals surface area contributed by atoms with Gasteiger partial charge >= 0.3 is 0 Å². The molecule has 25 heavy (non-hydrogen) atoms. The summed E-state index contributed by atoms with van der Waals surface area (Å²) in [6, 6.07) is 3.59. The van der Waals surface area contributed by atoms with Gasteiger partial charge < -0.3 is 9.64 Å². The fourth-order valence-corrected chi connectivity index (χ4v) is 4.04. The molecule has 0 aliphatic carbocycles. The van der Waals surface area contributed by atoms with Gasteiger partial charge in [0.1, 0.15) is 11.5 Å².